The summed E-state index contributed by atoms with van der Waals surface area (Å²) in [5.41, 5.74) is 0.161. The van der Waals surface area contributed by atoms with E-state index in [1.54, 1.807) is 0 Å². The minimum Gasteiger partial charge on any atom is -0.259 e. The molecule has 13 heavy (non-hydrogen) atoms. The third-order valence-corrected chi connectivity index (χ3v) is 1.60. The Hall–Kier alpha value is -1.05. The van der Waals surface area contributed by atoms with Gasteiger partial charge in [-0.25, -0.2) is 9.53 Å². The van der Waals surface area contributed by atoms with Gasteiger partial charge in [-0.2, -0.15) is 8.42 Å². The van der Waals surface area contributed by atoms with Crippen LogP contribution in [0.3, 0.4) is 0 Å². The molecule has 0 unspecified atom stereocenters. The Kier molecular flexibility index (Phi) is 2.91. The molecule has 0 bridgehead atoms. The summed E-state index contributed by atoms with van der Waals surface area (Å²) >= 11 is 0. The zero-order chi connectivity index (χ0) is 9.90. The number of aromatic nitrogens is 1. The molecule has 0 aliphatic carbocycles. The molecule has 1 rings (SSSR count). The lowest BCUT2D eigenvalue weighted by molar-refractivity contribution is 0.303. The van der Waals surface area contributed by atoms with Crippen LogP contribution in [-0.4, -0.2) is 13.4 Å². The third-order valence-electron chi connectivity index (χ3n) is 1.15. The van der Waals surface area contributed by atoms with E-state index in [2.05, 4.69) is 14.3 Å². The predicted octanol–water partition coefficient (Wildman–Crippen LogP) is -0.0592. The van der Waals surface area contributed by atoms with Crippen molar-refractivity contribution in [1.82, 2.24) is 4.98 Å². The second-order valence-corrected chi connectivity index (χ2v) is 3.44. The van der Waals surface area contributed by atoms with Crippen LogP contribution in [0.1, 0.15) is 5.69 Å². The zero-order valence-corrected chi connectivity index (χ0v) is 7.29. The second-order valence-electron chi connectivity index (χ2n) is 2.22. The zero-order valence-electron chi connectivity index (χ0n) is 6.47. The van der Waals surface area contributed by atoms with Gasteiger partial charge in [0.15, 0.2) is 0 Å². The molecule has 0 saturated carbocycles. The highest BCUT2D eigenvalue weighted by molar-refractivity contribution is 7.84. The molecule has 0 aromatic carbocycles. The molecule has 0 amide bonds. The highest BCUT2D eigenvalue weighted by atomic mass is 32.2. The van der Waals surface area contributed by atoms with E-state index in [-0.39, 0.29) is 12.3 Å². The van der Waals surface area contributed by atoms with E-state index in [9.17, 15) is 12.8 Å². The standard InChI is InChI=1S/C6H7FN2O3S/c7-5-1-2-9-6(3-5)4-12-13(8,10)11/h1-3H,4H2,(H2,8,10,11). The van der Waals surface area contributed by atoms with E-state index in [4.69, 9.17) is 0 Å². The van der Waals surface area contributed by atoms with E-state index in [1.807, 2.05) is 0 Å². The first-order chi connectivity index (χ1) is 5.97. The van der Waals surface area contributed by atoms with Crippen LogP contribution in [0.25, 0.3) is 0 Å². The SMILES string of the molecule is NS(=O)(=O)OCc1cc(F)ccn1. The topological polar surface area (TPSA) is 82.3 Å². The lowest BCUT2D eigenvalue weighted by Gasteiger charge is -1.99. The number of pyridine rings is 1. The molecule has 0 fully saturated rings. The first kappa shape index (κ1) is 10.0. The van der Waals surface area contributed by atoms with Crippen molar-refractivity contribution in [3.05, 3.63) is 29.8 Å². The predicted molar refractivity (Wildman–Crippen MR) is 42.1 cm³/mol. The van der Waals surface area contributed by atoms with Crippen molar-refractivity contribution in [1.29, 1.82) is 0 Å². The number of nitrogens with two attached hydrogens (primary N) is 1. The summed E-state index contributed by atoms with van der Waals surface area (Å²) in [4.78, 5) is 3.66. The Morgan fingerprint density at radius 3 is 2.85 bits per heavy atom. The highest BCUT2D eigenvalue weighted by Crippen LogP contribution is 2.01. The van der Waals surface area contributed by atoms with E-state index in [1.165, 1.54) is 6.20 Å². The van der Waals surface area contributed by atoms with Crippen LogP contribution in [0.4, 0.5) is 4.39 Å². The van der Waals surface area contributed by atoms with Gasteiger partial charge in [-0.05, 0) is 12.1 Å². The fourth-order valence-corrected chi connectivity index (χ4v) is 0.955. The number of hydrogen-bond donors (Lipinski definition) is 1. The molecular weight excluding hydrogens is 199 g/mol. The first-order valence-electron chi connectivity index (χ1n) is 3.25. The van der Waals surface area contributed by atoms with Crippen LogP contribution in [-0.2, 0) is 21.1 Å². The van der Waals surface area contributed by atoms with E-state index in [0.717, 1.165) is 12.1 Å². The molecular formula is C6H7FN2O3S. The van der Waals surface area contributed by atoms with Gasteiger partial charge in [0, 0.05) is 6.20 Å². The molecule has 7 heteroatoms. The van der Waals surface area contributed by atoms with Crippen LogP contribution < -0.4 is 5.14 Å². The van der Waals surface area contributed by atoms with Crippen LogP contribution in [0, 0.1) is 5.82 Å². The maximum atomic E-state index is 12.5. The monoisotopic (exact) mass is 206 g/mol. The Morgan fingerprint density at radius 1 is 1.62 bits per heavy atom. The number of hydrogen-bond acceptors (Lipinski definition) is 4. The lowest BCUT2D eigenvalue weighted by Crippen LogP contribution is -2.15. The van der Waals surface area contributed by atoms with Crippen LogP contribution in [0.5, 0.6) is 0 Å². The van der Waals surface area contributed by atoms with E-state index >= 15 is 0 Å². The molecule has 2 N–H and O–H groups in total. The molecule has 1 aromatic heterocycles. The minimum absolute atomic E-state index is 0.161. The van der Waals surface area contributed by atoms with Gasteiger partial charge in [0.2, 0.25) is 0 Å². The van der Waals surface area contributed by atoms with Crippen molar-refractivity contribution in [2.75, 3.05) is 0 Å². The lowest BCUT2D eigenvalue weighted by atomic mass is 10.4. The Bertz CT molecular complexity index is 393. The smallest absolute Gasteiger partial charge is 0.259 e. The largest absolute Gasteiger partial charge is 0.333 e. The summed E-state index contributed by atoms with van der Waals surface area (Å²) < 4.78 is 37.3. The average molecular weight is 206 g/mol. The van der Waals surface area contributed by atoms with Gasteiger partial charge in [-0.15, -0.1) is 0 Å². The van der Waals surface area contributed by atoms with Crippen LogP contribution in [0.2, 0.25) is 0 Å². The Morgan fingerprint density at radius 2 is 2.31 bits per heavy atom. The average Bonchev–Trinajstić information content (AvgIpc) is 2.00. The summed E-state index contributed by atoms with van der Waals surface area (Å²) in [5.74, 6) is -0.511. The van der Waals surface area contributed by atoms with Gasteiger partial charge in [-0.3, -0.25) is 9.17 Å². The summed E-state index contributed by atoms with van der Waals surface area (Å²) in [6, 6.07) is 2.20. The van der Waals surface area contributed by atoms with Gasteiger partial charge in [0.05, 0.1) is 5.69 Å². The van der Waals surface area contributed by atoms with Gasteiger partial charge < -0.3 is 0 Å². The molecule has 0 aliphatic rings. The van der Waals surface area contributed by atoms with Crippen molar-refractivity contribution in [3.63, 3.8) is 0 Å². The molecule has 72 valence electrons. The summed E-state index contributed by atoms with van der Waals surface area (Å²) in [7, 11) is -4.00. The normalized spacial score (nSPS) is 11.5. The molecule has 0 aliphatic heterocycles. The molecule has 0 saturated heterocycles. The maximum Gasteiger partial charge on any atom is 0.333 e. The number of rotatable bonds is 3. The van der Waals surface area contributed by atoms with Crippen molar-refractivity contribution >= 4 is 10.3 Å². The molecule has 0 radical (unpaired) electrons. The van der Waals surface area contributed by atoms with Gasteiger partial charge >= 0.3 is 10.3 Å². The first-order valence-corrected chi connectivity index (χ1v) is 4.72. The van der Waals surface area contributed by atoms with Crippen LogP contribution in [0.15, 0.2) is 18.3 Å². The fraction of sp³-hybridized carbons (Fsp3) is 0.167. The third kappa shape index (κ3) is 3.92. The maximum absolute atomic E-state index is 12.5. The van der Waals surface area contributed by atoms with E-state index < -0.39 is 16.1 Å². The minimum atomic E-state index is -4.00. The highest BCUT2D eigenvalue weighted by Gasteiger charge is 2.04. The summed E-state index contributed by atoms with van der Waals surface area (Å²) in [6.45, 7) is -0.364. The summed E-state index contributed by atoms with van der Waals surface area (Å²) in [5, 5.41) is 4.55. The Labute approximate surface area is 74.6 Å². The quantitative estimate of drug-likeness (QED) is 0.751. The summed E-state index contributed by atoms with van der Waals surface area (Å²) in [6.07, 6.45) is 1.21. The van der Waals surface area contributed by atoms with Crippen molar-refractivity contribution in [3.8, 4) is 0 Å². The molecule has 0 spiro atoms. The molecule has 5 nitrogen and oxygen atoms in total. The van der Waals surface area contributed by atoms with Crippen molar-refractivity contribution < 1.29 is 17.0 Å². The van der Waals surface area contributed by atoms with Crippen molar-refractivity contribution in [2.45, 2.75) is 6.61 Å². The van der Waals surface area contributed by atoms with Crippen LogP contribution >= 0.6 is 0 Å². The second kappa shape index (κ2) is 3.77. The molecule has 1 heterocycles. The Balaban J connectivity index is 2.65. The van der Waals surface area contributed by atoms with Gasteiger partial charge in [0.1, 0.15) is 12.4 Å². The van der Waals surface area contributed by atoms with Gasteiger partial charge in [-0.1, -0.05) is 0 Å². The van der Waals surface area contributed by atoms with Crippen molar-refractivity contribution in [2.24, 2.45) is 5.14 Å². The number of nitrogens with zero attached hydrogens (tertiary/aromatic N) is 1. The van der Waals surface area contributed by atoms with Gasteiger partial charge in [0.25, 0.3) is 0 Å². The number of halogens is 1. The molecule has 1 aromatic rings. The fourth-order valence-electron chi connectivity index (χ4n) is 0.670. The molecule has 0 atom stereocenters. The van der Waals surface area contributed by atoms with E-state index in [0.29, 0.717) is 0 Å².